The zero-order chi connectivity index (χ0) is 13.1. The Hall–Kier alpha value is -1.84. The maximum atomic E-state index is 11.1. The third-order valence-corrected chi connectivity index (χ3v) is 3.55. The second-order valence-corrected chi connectivity index (χ2v) is 4.84. The summed E-state index contributed by atoms with van der Waals surface area (Å²) in [5.41, 5.74) is 8.06. The van der Waals surface area contributed by atoms with Gasteiger partial charge in [-0.25, -0.2) is 0 Å². The first-order chi connectivity index (χ1) is 8.61. The van der Waals surface area contributed by atoms with Crippen LogP contribution in [0.4, 0.5) is 5.69 Å². The highest BCUT2D eigenvalue weighted by atomic mass is 16.1. The fraction of sp³-hybridized carbons (Fsp3) is 0.429. The Morgan fingerprint density at radius 1 is 1.39 bits per heavy atom. The zero-order valence-corrected chi connectivity index (χ0v) is 10.6. The number of hydrogen-bond acceptors (Lipinski definition) is 3. The Labute approximate surface area is 107 Å². The molecule has 1 saturated heterocycles. The number of anilines is 1. The minimum atomic E-state index is -0.214. The molecule has 1 amide bonds. The van der Waals surface area contributed by atoms with Crippen LogP contribution in [0.2, 0.25) is 0 Å². The molecule has 4 nitrogen and oxygen atoms in total. The maximum absolute atomic E-state index is 11.1. The van der Waals surface area contributed by atoms with Crippen molar-refractivity contribution >= 4 is 17.9 Å². The van der Waals surface area contributed by atoms with Crippen molar-refractivity contribution in [2.45, 2.75) is 19.8 Å². The summed E-state index contributed by atoms with van der Waals surface area (Å²) < 4.78 is 0. The van der Waals surface area contributed by atoms with Crippen LogP contribution in [0.3, 0.4) is 0 Å². The van der Waals surface area contributed by atoms with E-state index in [1.165, 1.54) is 0 Å². The van der Waals surface area contributed by atoms with Gasteiger partial charge in [-0.05, 0) is 31.9 Å². The number of hydrogen-bond donors (Lipinski definition) is 1. The zero-order valence-electron chi connectivity index (χ0n) is 10.6. The number of carbonyl (C=O) groups is 2. The van der Waals surface area contributed by atoms with Crippen molar-refractivity contribution in [2.75, 3.05) is 18.0 Å². The van der Waals surface area contributed by atoms with Crippen molar-refractivity contribution in [1.29, 1.82) is 0 Å². The van der Waals surface area contributed by atoms with Gasteiger partial charge in [0.2, 0.25) is 5.91 Å². The van der Waals surface area contributed by atoms with E-state index in [0.29, 0.717) is 5.56 Å². The molecule has 18 heavy (non-hydrogen) atoms. The lowest BCUT2D eigenvalue weighted by Gasteiger charge is -2.33. The number of nitrogens with zero attached hydrogens (tertiary/aromatic N) is 1. The van der Waals surface area contributed by atoms with Gasteiger partial charge in [-0.2, -0.15) is 0 Å². The lowest BCUT2D eigenvalue weighted by molar-refractivity contribution is -0.122. The predicted molar refractivity (Wildman–Crippen MR) is 70.7 cm³/mol. The van der Waals surface area contributed by atoms with Gasteiger partial charge < -0.3 is 10.6 Å². The molecule has 1 aliphatic heterocycles. The molecule has 1 aromatic rings. The van der Waals surface area contributed by atoms with Crippen LogP contribution in [0.25, 0.3) is 0 Å². The fourth-order valence-electron chi connectivity index (χ4n) is 2.46. The molecule has 1 heterocycles. The number of primary amides is 1. The molecule has 0 atom stereocenters. The highest BCUT2D eigenvalue weighted by molar-refractivity contribution is 5.85. The average Bonchev–Trinajstić information content (AvgIpc) is 2.38. The molecule has 0 bridgehead atoms. The van der Waals surface area contributed by atoms with Gasteiger partial charge in [-0.15, -0.1) is 0 Å². The molecule has 0 aliphatic carbocycles. The van der Waals surface area contributed by atoms with Gasteiger partial charge in [0.1, 0.15) is 0 Å². The fourth-order valence-corrected chi connectivity index (χ4v) is 2.46. The first kappa shape index (κ1) is 12.6. The predicted octanol–water partition coefficient (Wildman–Crippen LogP) is 1.51. The summed E-state index contributed by atoms with van der Waals surface area (Å²) in [6, 6.07) is 5.87. The van der Waals surface area contributed by atoms with Crippen LogP contribution in [0.1, 0.15) is 28.8 Å². The van der Waals surface area contributed by atoms with Crippen molar-refractivity contribution in [3.05, 3.63) is 29.3 Å². The molecule has 1 fully saturated rings. The van der Waals surface area contributed by atoms with E-state index in [-0.39, 0.29) is 11.8 Å². The van der Waals surface area contributed by atoms with E-state index in [2.05, 4.69) is 4.90 Å². The average molecular weight is 246 g/mol. The monoisotopic (exact) mass is 246 g/mol. The van der Waals surface area contributed by atoms with Crippen molar-refractivity contribution in [1.82, 2.24) is 0 Å². The van der Waals surface area contributed by atoms with Gasteiger partial charge >= 0.3 is 0 Å². The number of piperidine rings is 1. The Morgan fingerprint density at radius 2 is 2.06 bits per heavy atom. The summed E-state index contributed by atoms with van der Waals surface area (Å²) >= 11 is 0. The molecule has 0 spiro atoms. The first-order valence-corrected chi connectivity index (χ1v) is 6.22. The number of benzene rings is 1. The van der Waals surface area contributed by atoms with E-state index in [1.54, 1.807) is 0 Å². The Kier molecular flexibility index (Phi) is 3.65. The molecule has 96 valence electrons. The summed E-state index contributed by atoms with van der Waals surface area (Å²) in [7, 11) is 0. The standard InChI is InChI=1S/C14H18N2O2/c1-10-2-3-13(12(8-10)9-17)16-6-4-11(5-7-16)14(15)18/h2-3,8-9,11H,4-7H2,1H3,(H2,15,18). The number of amides is 1. The van der Waals surface area contributed by atoms with Gasteiger partial charge in [0.15, 0.2) is 6.29 Å². The van der Waals surface area contributed by atoms with E-state index >= 15 is 0 Å². The summed E-state index contributed by atoms with van der Waals surface area (Å²) in [5, 5.41) is 0. The highest BCUT2D eigenvalue weighted by Gasteiger charge is 2.24. The van der Waals surface area contributed by atoms with E-state index in [9.17, 15) is 9.59 Å². The molecule has 0 radical (unpaired) electrons. The Bertz CT molecular complexity index is 463. The lowest BCUT2D eigenvalue weighted by atomic mass is 9.95. The first-order valence-electron chi connectivity index (χ1n) is 6.22. The summed E-state index contributed by atoms with van der Waals surface area (Å²) in [6.45, 7) is 3.52. The van der Waals surface area contributed by atoms with Crippen LogP contribution < -0.4 is 10.6 Å². The molecule has 1 aliphatic rings. The molecule has 0 saturated carbocycles. The quantitative estimate of drug-likeness (QED) is 0.822. The minimum Gasteiger partial charge on any atom is -0.371 e. The Morgan fingerprint density at radius 3 is 2.61 bits per heavy atom. The van der Waals surface area contributed by atoms with Gasteiger partial charge in [0.25, 0.3) is 0 Å². The topological polar surface area (TPSA) is 63.4 Å². The second kappa shape index (κ2) is 5.21. The number of rotatable bonds is 3. The molecular weight excluding hydrogens is 228 g/mol. The number of nitrogens with two attached hydrogens (primary N) is 1. The third-order valence-electron chi connectivity index (χ3n) is 3.55. The second-order valence-electron chi connectivity index (χ2n) is 4.84. The Balaban J connectivity index is 2.14. The van der Waals surface area contributed by atoms with Crippen molar-refractivity contribution < 1.29 is 9.59 Å². The largest absolute Gasteiger partial charge is 0.371 e. The molecule has 0 unspecified atom stereocenters. The van der Waals surface area contributed by atoms with E-state index < -0.39 is 0 Å². The maximum Gasteiger partial charge on any atom is 0.220 e. The number of aryl methyl sites for hydroxylation is 1. The number of carbonyl (C=O) groups excluding carboxylic acids is 2. The summed E-state index contributed by atoms with van der Waals surface area (Å²) in [5.74, 6) is -0.236. The molecular formula is C14H18N2O2. The van der Waals surface area contributed by atoms with E-state index in [4.69, 9.17) is 5.73 Å². The lowest BCUT2D eigenvalue weighted by Crippen LogP contribution is -2.38. The van der Waals surface area contributed by atoms with Crippen LogP contribution in [-0.4, -0.2) is 25.3 Å². The van der Waals surface area contributed by atoms with Crippen molar-refractivity contribution in [3.63, 3.8) is 0 Å². The van der Waals surface area contributed by atoms with E-state index in [0.717, 1.165) is 43.5 Å². The van der Waals surface area contributed by atoms with Crippen molar-refractivity contribution in [2.24, 2.45) is 11.7 Å². The van der Waals surface area contributed by atoms with Gasteiger partial charge in [-0.1, -0.05) is 11.6 Å². The molecule has 2 rings (SSSR count). The summed E-state index contributed by atoms with van der Waals surface area (Å²) in [6.07, 6.45) is 2.42. The van der Waals surface area contributed by atoms with Gasteiger partial charge in [0.05, 0.1) is 0 Å². The van der Waals surface area contributed by atoms with Crippen LogP contribution in [0.5, 0.6) is 0 Å². The third kappa shape index (κ3) is 2.53. The van der Waals surface area contributed by atoms with Gasteiger partial charge in [0, 0.05) is 30.3 Å². The van der Waals surface area contributed by atoms with E-state index in [1.807, 2.05) is 25.1 Å². The van der Waals surface area contributed by atoms with Crippen molar-refractivity contribution in [3.8, 4) is 0 Å². The van der Waals surface area contributed by atoms with Crippen LogP contribution in [0.15, 0.2) is 18.2 Å². The molecule has 2 N–H and O–H groups in total. The molecule has 0 aromatic heterocycles. The normalized spacial score (nSPS) is 16.6. The highest BCUT2D eigenvalue weighted by Crippen LogP contribution is 2.26. The molecule has 4 heteroatoms. The summed E-state index contributed by atoms with van der Waals surface area (Å²) in [4.78, 5) is 24.4. The molecule has 1 aromatic carbocycles. The van der Waals surface area contributed by atoms with Gasteiger partial charge in [-0.3, -0.25) is 9.59 Å². The van der Waals surface area contributed by atoms with Crippen LogP contribution in [-0.2, 0) is 4.79 Å². The van der Waals surface area contributed by atoms with Crippen LogP contribution in [0, 0.1) is 12.8 Å². The smallest absolute Gasteiger partial charge is 0.220 e. The minimum absolute atomic E-state index is 0.0219. The van der Waals surface area contributed by atoms with Crippen LogP contribution >= 0.6 is 0 Å². The number of aldehydes is 1. The SMILES string of the molecule is Cc1ccc(N2CCC(C(N)=O)CC2)c(C=O)c1.